The van der Waals surface area contributed by atoms with E-state index in [1.54, 1.807) is 24.3 Å². The van der Waals surface area contributed by atoms with Gasteiger partial charge in [-0.3, -0.25) is 0 Å². The van der Waals surface area contributed by atoms with E-state index >= 15 is 0 Å². The van der Waals surface area contributed by atoms with Crippen LogP contribution in [0.5, 0.6) is 0 Å². The van der Waals surface area contributed by atoms with Crippen molar-refractivity contribution in [3.63, 3.8) is 0 Å². The fourth-order valence-electron chi connectivity index (χ4n) is 1.64. The summed E-state index contributed by atoms with van der Waals surface area (Å²) in [4.78, 5) is 0. The van der Waals surface area contributed by atoms with Gasteiger partial charge in [-0.05, 0) is 35.4 Å². The smallest absolute Gasteiger partial charge is 0.399 e. The van der Waals surface area contributed by atoms with Crippen molar-refractivity contribution in [2.75, 3.05) is 5.73 Å². The molecule has 0 bridgehead atoms. The third-order valence-electron chi connectivity index (χ3n) is 2.62. The third kappa shape index (κ3) is 3.61. The first kappa shape index (κ1) is 13.2. The average molecular weight is 263 g/mol. The molecule has 0 aliphatic heterocycles. The zero-order valence-electron chi connectivity index (χ0n) is 9.98. The zero-order valence-corrected chi connectivity index (χ0v) is 9.98. The van der Waals surface area contributed by atoms with Crippen molar-refractivity contribution < 1.29 is 13.2 Å². The van der Waals surface area contributed by atoms with E-state index < -0.39 is 11.7 Å². The summed E-state index contributed by atoms with van der Waals surface area (Å²) in [5.41, 5.74) is 7.25. The quantitative estimate of drug-likeness (QED) is 0.628. The summed E-state index contributed by atoms with van der Waals surface area (Å²) in [5.74, 6) is 0. The van der Waals surface area contributed by atoms with Crippen LogP contribution in [0.2, 0.25) is 0 Å². The van der Waals surface area contributed by atoms with Crippen LogP contribution in [0.15, 0.2) is 48.5 Å². The lowest BCUT2D eigenvalue weighted by atomic mass is 10.1. The molecule has 0 saturated heterocycles. The van der Waals surface area contributed by atoms with Crippen LogP contribution in [-0.2, 0) is 6.18 Å². The summed E-state index contributed by atoms with van der Waals surface area (Å²) in [6.45, 7) is 0. The van der Waals surface area contributed by atoms with Gasteiger partial charge in [-0.15, -0.1) is 0 Å². The number of hydrogen-bond donors (Lipinski definition) is 1. The molecule has 2 aromatic rings. The molecule has 4 heteroatoms. The van der Waals surface area contributed by atoms with Gasteiger partial charge in [0.05, 0.1) is 5.56 Å². The molecular weight excluding hydrogens is 251 g/mol. The van der Waals surface area contributed by atoms with Gasteiger partial charge in [0.1, 0.15) is 0 Å². The second-order valence-electron chi connectivity index (χ2n) is 4.12. The Kier molecular flexibility index (Phi) is 3.60. The fraction of sp³-hybridized carbons (Fsp3) is 0.0667. The molecule has 0 aromatic heterocycles. The highest BCUT2D eigenvalue weighted by Crippen LogP contribution is 2.29. The Morgan fingerprint density at radius 2 is 1.47 bits per heavy atom. The topological polar surface area (TPSA) is 26.0 Å². The van der Waals surface area contributed by atoms with Gasteiger partial charge in [-0.25, -0.2) is 0 Å². The highest BCUT2D eigenvalue weighted by molar-refractivity contribution is 5.71. The van der Waals surface area contributed by atoms with Crippen LogP contribution in [0.1, 0.15) is 16.7 Å². The number of rotatable bonds is 2. The Bertz CT molecular complexity index is 583. The monoisotopic (exact) mass is 263 g/mol. The summed E-state index contributed by atoms with van der Waals surface area (Å²) < 4.78 is 37.1. The van der Waals surface area contributed by atoms with Crippen LogP contribution in [-0.4, -0.2) is 0 Å². The van der Waals surface area contributed by atoms with Gasteiger partial charge in [0.15, 0.2) is 0 Å². The molecule has 2 N–H and O–H groups in total. The fourth-order valence-corrected chi connectivity index (χ4v) is 1.64. The molecule has 19 heavy (non-hydrogen) atoms. The lowest BCUT2D eigenvalue weighted by molar-refractivity contribution is -0.137. The van der Waals surface area contributed by atoms with Crippen LogP contribution >= 0.6 is 0 Å². The van der Waals surface area contributed by atoms with E-state index in [1.165, 1.54) is 12.1 Å². The molecule has 0 heterocycles. The van der Waals surface area contributed by atoms with Crippen molar-refractivity contribution in [2.45, 2.75) is 6.18 Å². The SMILES string of the molecule is Nc1cccc(/C=C/c2ccc(C(F)(F)F)cc2)c1. The molecule has 0 radical (unpaired) electrons. The first-order valence-corrected chi connectivity index (χ1v) is 5.66. The molecule has 98 valence electrons. The van der Waals surface area contributed by atoms with E-state index in [4.69, 9.17) is 5.73 Å². The maximum absolute atomic E-state index is 12.4. The van der Waals surface area contributed by atoms with E-state index in [-0.39, 0.29) is 0 Å². The summed E-state index contributed by atoms with van der Waals surface area (Å²) in [6.07, 6.45) is -0.746. The number of hydrogen-bond acceptors (Lipinski definition) is 1. The predicted octanol–water partition coefficient (Wildman–Crippen LogP) is 4.46. The van der Waals surface area contributed by atoms with Crippen LogP contribution < -0.4 is 5.73 Å². The largest absolute Gasteiger partial charge is 0.416 e. The van der Waals surface area contributed by atoms with Crippen LogP contribution in [0.4, 0.5) is 18.9 Å². The Hall–Kier alpha value is -2.23. The highest BCUT2D eigenvalue weighted by Gasteiger charge is 2.29. The minimum atomic E-state index is -4.30. The van der Waals surface area contributed by atoms with Gasteiger partial charge in [0.2, 0.25) is 0 Å². The average Bonchev–Trinajstić information content (AvgIpc) is 2.36. The van der Waals surface area contributed by atoms with Crippen molar-refractivity contribution >= 4 is 17.8 Å². The number of alkyl halides is 3. The minimum Gasteiger partial charge on any atom is -0.399 e. The van der Waals surface area contributed by atoms with Crippen molar-refractivity contribution in [1.29, 1.82) is 0 Å². The van der Waals surface area contributed by atoms with E-state index in [0.29, 0.717) is 11.3 Å². The predicted molar refractivity (Wildman–Crippen MR) is 71.2 cm³/mol. The van der Waals surface area contributed by atoms with Crippen LogP contribution in [0.3, 0.4) is 0 Å². The van der Waals surface area contributed by atoms with Gasteiger partial charge in [0, 0.05) is 5.69 Å². The normalized spacial score (nSPS) is 11.9. The van der Waals surface area contributed by atoms with Gasteiger partial charge >= 0.3 is 6.18 Å². The number of nitrogens with two attached hydrogens (primary N) is 1. The lowest BCUT2D eigenvalue weighted by Gasteiger charge is -2.05. The van der Waals surface area contributed by atoms with E-state index in [9.17, 15) is 13.2 Å². The number of nitrogen functional groups attached to an aromatic ring is 1. The summed E-state index contributed by atoms with van der Waals surface area (Å²) >= 11 is 0. The van der Waals surface area contributed by atoms with Gasteiger partial charge < -0.3 is 5.73 Å². The van der Waals surface area contributed by atoms with E-state index in [2.05, 4.69) is 0 Å². The van der Waals surface area contributed by atoms with Crippen molar-refractivity contribution in [1.82, 2.24) is 0 Å². The maximum atomic E-state index is 12.4. The molecule has 0 amide bonds. The molecule has 0 unspecified atom stereocenters. The Morgan fingerprint density at radius 1 is 0.842 bits per heavy atom. The molecule has 0 spiro atoms. The van der Waals surface area contributed by atoms with Gasteiger partial charge in [-0.1, -0.05) is 36.4 Å². The van der Waals surface area contributed by atoms with Crippen molar-refractivity contribution in [2.24, 2.45) is 0 Å². The number of benzene rings is 2. The second kappa shape index (κ2) is 5.18. The molecule has 1 nitrogen and oxygen atoms in total. The molecule has 0 atom stereocenters. The van der Waals surface area contributed by atoms with Crippen LogP contribution in [0.25, 0.3) is 12.2 Å². The first-order chi connectivity index (χ1) is 8.95. The minimum absolute atomic E-state index is 0.645. The van der Waals surface area contributed by atoms with E-state index in [1.807, 2.05) is 12.1 Å². The molecule has 2 rings (SSSR count). The van der Waals surface area contributed by atoms with Crippen molar-refractivity contribution in [3.05, 3.63) is 65.2 Å². The maximum Gasteiger partial charge on any atom is 0.416 e. The lowest BCUT2D eigenvalue weighted by Crippen LogP contribution is -2.03. The zero-order chi connectivity index (χ0) is 13.9. The molecular formula is C15H12F3N. The summed E-state index contributed by atoms with van der Waals surface area (Å²) in [5, 5.41) is 0. The molecule has 0 aliphatic carbocycles. The molecule has 0 saturated carbocycles. The summed E-state index contributed by atoms with van der Waals surface area (Å²) in [6, 6.07) is 12.3. The first-order valence-electron chi connectivity index (χ1n) is 5.66. The standard InChI is InChI=1S/C15H12F3N/c16-15(17,18)13-8-6-11(7-9-13)4-5-12-2-1-3-14(19)10-12/h1-10H,19H2/b5-4+. The molecule has 0 fully saturated rings. The summed E-state index contributed by atoms with van der Waals surface area (Å²) in [7, 11) is 0. The molecule has 2 aromatic carbocycles. The van der Waals surface area contributed by atoms with Crippen LogP contribution in [0, 0.1) is 0 Å². The van der Waals surface area contributed by atoms with Crippen molar-refractivity contribution in [3.8, 4) is 0 Å². The Morgan fingerprint density at radius 3 is 2.05 bits per heavy atom. The van der Waals surface area contributed by atoms with Gasteiger partial charge in [-0.2, -0.15) is 13.2 Å². The molecule has 0 aliphatic rings. The number of anilines is 1. The third-order valence-corrected chi connectivity index (χ3v) is 2.62. The Labute approximate surface area is 109 Å². The number of halogens is 3. The van der Waals surface area contributed by atoms with Gasteiger partial charge in [0.25, 0.3) is 0 Å². The highest BCUT2D eigenvalue weighted by atomic mass is 19.4. The Balaban J connectivity index is 2.16. The second-order valence-corrected chi connectivity index (χ2v) is 4.12. The van der Waals surface area contributed by atoms with E-state index in [0.717, 1.165) is 17.7 Å².